The fourth-order valence-corrected chi connectivity index (χ4v) is 3.49. The predicted octanol–water partition coefficient (Wildman–Crippen LogP) is 1.88. The number of benzene rings is 1. The van der Waals surface area contributed by atoms with Crippen LogP contribution in [-0.2, 0) is 19.7 Å². The zero-order valence-corrected chi connectivity index (χ0v) is 12.7. The highest BCUT2D eigenvalue weighted by atomic mass is 16.5. The van der Waals surface area contributed by atoms with Gasteiger partial charge in [-0.05, 0) is 23.8 Å². The van der Waals surface area contributed by atoms with Gasteiger partial charge in [0.15, 0.2) is 0 Å². The summed E-state index contributed by atoms with van der Waals surface area (Å²) in [4.78, 5) is 12.3. The van der Waals surface area contributed by atoms with E-state index in [1.54, 1.807) is 7.11 Å². The Labute approximate surface area is 125 Å². The number of ether oxygens (including phenoxy) is 2. The summed E-state index contributed by atoms with van der Waals surface area (Å²) in [5, 5.41) is 3.08. The minimum absolute atomic E-state index is 0.00826. The maximum atomic E-state index is 12.3. The lowest BCUT2D eigenvalue weighted by molar-refractivity contribution is -0.131. The van der Waals surface area contributed by atoms with Crippen LogP contribution >= 0.6 is 0 Å². The molecule has 0 aromatic heterocycles. The van der Waals surface area contributed by atoms with Crippen molar-refractivity contribution < 1.29 is 14.3 Å². The van der Waals surface area contributed by atoms with Gasteiger partial charge in [0.05, 0.1) is 19.3 Å². The van der Waals surface area contributed by atoms with Crippen molar-refractivity contribution in [3.63, 3.8) is 0 Å². The van der Waals surface area contributed by atoms with Crippen molar-refractivity contribution in [3.8, 4) is 0 Å². The Balaban J connectivity index is 1.55. The van der Waals surface area contributed by atoms with E-state index in [-0.39, 0.29) is 29.4 Å². The molecule has 1 heterocycles. The summed E-state index contributed by atoms with van der Waals surface area (Å²) in [6.07, 6.45) is 1.80. The maximum absolute atomic E-state index is 12.3. The molecule has 2 atom stereocenters. The van der Waals surface area contributed by atoms with Gasteiger partial charge in [0, 0.05) is 13.0 Å². The summed E-state index contributed by atoms with van der Waals surface area (Å²) in [6.45, 7) is 3.35. The second kappa shape index (κ2) is 5.78. The third-order valence-electron chi connectivity index (χ3n) is 4.89. The molecule has 2 fully saturated rings. The van der Waals surface area contributed by atoms with E-state index in [0.717, 1.165) is 12.8 Å². The second-order valence-electron chi connectivity index (χ2n) is 6.46. The van der Waals surface area contributed by atoms with E-state index < -0.39 is 0 Å². The molecule has 0 radical (unpaired) electrons. The van der Waals surface area contributed by atoms with E-state index in [1.165, 1.54) is 5.56 Å². The van der Waals surface area contributed by atoms with E-state index in [1.807, 2.05) is 6.07 Å². The Morgan fingerprint density at radius 3 is 2.67 bits per heavy atom. The summed E-state index contributed by atoms with van der Waals surface area (Å²) in [5.41, 5.74) is 1.46. The number of rotatable bonds is 4. The van der Waals surface area contributed by atoms with E-state index in [2.05, 4.69) is 36.5 Å². The molecule has 1 N–H and O–H groups in total. The zero-order valence-electron chi connectivity index (χ0n) is 12.7. The first-order chi connectivity index (χ1) is 10.1. The highest BCUT2D eigenvalue weighted by molar-refractivity contribution is 5.80. The molecule has 114 valence electrons. The van der Waals surface area contributed by atoms with Crippen molar-refractivity contribution in [1.29, 1.82) is 0 Å². The lowest BCUT2D eigenvalue weighted by atomic mass is 9.59. The van der Waals surface area contributed by atoms with Crippen LogP contribution in [0.5, 0.6) is 0 Å². The third kappa shape index (κ3) is 2.83. The van der Waals surface area contributed by atoms with Gasteiger partial charge < -0.3 is 14.8 Å². The molecule has 1 saturated carbocycles. The molecule has 1 aromatic rings. The lowest BCUT2D eigenvalue weighted by Crippen LogP contribution is -2.51. The molecule has 0 unspecified atom stereocenters. The van der Waals surface area contributed by atoms with E-state index in [4.69, 9.17) is 9.47 Å². The highest BCUT2D eigenvalue weighted by Gasteiger charge is 2.45. The minimum Gasteiger partial charge on any atom is -0.377 e. The highest BCUT2D eigenvalue weighted by Crippen LogP contribution is 2.47. The zero-order chi connectivity index (χ0) is 14.9. The summed E-state index contributed by atoms with van der Waals surface area (Å²) >= 11 is 0. The van der Waals surface area contributed by atoms with Crippen molar-refractivity contribution in [2.75, 3.05) is 20.3 Å². The van der Waals surface area contributed by atoms with Crippen LogP contribution in [0.4, 0.5) is 0 Å². The van der Waals surface area contributed by atoms with Crippen molar-refractivity contribution >= 4 is 5.91 Å². The van der Waals surface area contributed by atoms with Crippen molar-refractivity contribution in [2.24, 2.45) is 5.92 Å². The Kier molecular flexibility index (Phi) is 4.00. The number of hydrogen-bond donors (Lipinski definition) is 1. The molecule has 1 amide bonds. The number of hydrogen-bond acceptors (Lipinski definition) is 3. The van der Waals surface area contributed by atoms with Crippen LogP contribution < -0.4 is 5.32 Å². The Morgan fingerprint density at radius 2 is 2.00 bits per heavy atom. The first-order valence-corrected chi connectivity index (χ1v) is 7.59. The minimum atomic E-state index is -0.0190. The largest absolute Gasteiger partial charge is 0.377 e. The van der Waals surface area contributed by atoms with Crippen LogP contribution in [0.25, 0.3) is 0 Å². The Morgan fingerprint density at radius 1 is 1.29 bits per heavy atom. The molecule has 0 bridgehead atoms. The summed E-state index contributed by atoms with van der Waals surface area (Å²) in [6, 6.07) is 10.5. The Hall–Kier alpha value is -1.39. The smallest absolute Gasteiger partial charge is 0.223 e. The topological polar surface area (TPSA) is 47.6 Å². The first kappa shape index (κ1) is 14.5. The van der Waals surface area contributed by atoms with Gasteiger partial charge >= 0.3 is 0 Å². The molecular weight excluding hydrogens is 266 g/mol. The number of carbonyl (C=O) groups excluding carboxylic acids is 1. The molecule has 4 nitrogen and oxygen atoms in total. The standard InChI is InChI=1S/C17H23NO3/c1-17(13-6-4-3-5-7-13)8-12(9-17)16(19)18-14-10-21-11-15(14)20-2/h3-7,12,14-15H,8-11H2,1-2H3,(H,18,19)/t12?,14-,15-,17?/m1/s1. The van der Waals surface area contributed by atoms with Crippen LogP contribution in [0.15, 0.2) is 30.3 Å². The third-order valence-corrected chi connectivity index (χ3v) is 4.89. The molecule has 1 aliphatic heterocycles. The van der Waals surface area contributed by atoms with Crippen molar-refractivity contribution in [3.05, 3.63) is 35.9 Å². The van der Waals surface area contributed by atoms with Gasteiger partial charge in [-0.1, -0.05) is 37.3 Å². The molecule has 21 heavy (non-hydrogen) atoms. The number of amides is 1. The van der Waals surface area contributed by atoms with Gasteiger partial charge in [-0.3, -0.25) is 4.79 Å². The van der Waals surface area contributed by atoms with E-state index in [0.29, 0.717) is 13.2 Å². The van der Waals surface area contributed by atoms with Gasteiger partial charge in [-0.15, -0.1) is 0 Å². The van der Waals surface area contributed by atoms with Crippen LogP contribution in [0.3, 0.4) is 0 Å². The SMILES string of the molecule is CO[C@@H]1COC[C@H]1NC(=O)C1CC(C)(c2ccccc2)C1. The Bertz CT molecular complexity index is 496. The number of carbonyl (C=O) groups is 1. The molecule has 3 rings (SSSR count). The van der Waals surface area contributed by atoms with Crippen LogP contribution in [0, 0.1) is 5.92 Å². The normalized spacial score (nSPS) is 35.2. The van der Waals surface area contributed by atoms with E-state index >= 15 is 0 Å². The molecule has 1 saturated heterocycles. The van der Waals surface area contributed by atoms with Gasteiger partial charge in [0.1, 0.15) is 6.10 Å². The number of methoxy groups -OCH3 is 1. The average molecular weight is 289 g/mol. The average Bonchev–Trinajstić information content (AvgIpc) is 2.92. The fraction of sp³-hybridized carbons (Fsp3) is 0.588. The predicted molar refractivity (Wildman–Crippen MR) is 80.1 cm³/mol. The van der Waals surface area contributed by atoms with Crippen molar-refractivity contribution in [2.45, 2.75) is 37.3 Å². The lowest BCUT2D eigenvalue weighted by Gasteiger charge is -2.45. The van der Waals surface area contributed by atoms with Gasteiger partial charge in [0.2, 0.25) is 5.91 Å². The molecule has 4 heteroatoms. The summed E-state index contributed by atoms with van der Waals surface area (Å²) in [7, 11) is 1.66. The van der Waals surface area contributed by atoms with E-state index in [9.17, 15) is 4.79 Å². The molecule has 1 aromatic carbocycles. The van der Waals surface area contributed by atoms with Crippen molar-refractivity contribution in [1.82, 2.24) is 5.32 Å². The maximum Gasteiger partial charge on any atom is 0.223 e. The van der Waals surface area contributed by atoms with Crippen LogP contribution in [0.2, 0.25) is 0 Å². The van der Waals surface area contributed by atoms with Crippen LogP contribution in [-0.4, -0.2) is 38.4 Å². The monoisotopic (exact) mass is 289 g/mol. The van der Waals surface area contributed by atoms with Crippen LogP contribution in [0.1, 0.15) is 25.3 Å². The van der Waals surface area contributed by atoms with Gasteiger partial charge in [-0.25, -0.2) is 0 Å². The quantitative estimate of drug-likeness (QED) is 0.920. The van der Waals surface area contributed by atoms with Gasteiger partial charge in [-0.2, -0.15) is 0 Å². The first-order valence-electron chi connectivity index (χ1n) is 7.59. The number of nitrogens with one attached hydrogen (secondary N) is 1. The second-order valence-corrected chi connectivity index (χ2v) is 6.46. The fourth-order valence-electron chi connectivity index (χ4n) is 3.49. The molecule has 2 aliphatic rings. The molecule has 1 aliphatic carbocycles. The van der Waals surface area contributed by atoms with Gasteiger partial charge in [0.25, 0.3) is 0 Å². The summed E-state index contributed by atoms with van der Waals surface area (Å²) in [5.74, 6) is 0.245. The molecular formula is C17H23NO3. The summed E-state index contributed by atoms with van der Waals surface area (Å²) < 4.78 is 10.7. The molecule has 0 spiro atoms.